The Morgan fingerprint density at radius 2 is 1.79 bits per heavy atom. The molecule has 28 heavy (non-hydrogen) atoms. The molecule has 0 saturated heterocycles. The summed E-state index contributed by atoms with van der Waals surface area (Å²) in [4.78, 5) is 14.4. The van der Waals surface area contributed by atoms with Gasteiger partial charge in [0.25, 0.3) is 0 Å². The van der Waals surface area contributed by atoms with Crippen LogP contribution in [0.1, 0.15) is 44.7 Å². The Morgan fingerprint density at radius 3 is 2.36 bits per heavy atom. The van der Waals surface area contributed by atoms with Gasteiger partial charge in [0.2, 0.25) is 0 Å². The van der Waals surface area contributed by atoms with E-state index >= 15 is 0 Å². The second-order valence-corrected chi connectivity index (χ2v) is 7.73. The monoisotopic (exact) mass is 380 g/mol. The first-order valence-electron chi connectivity index (χ1n) is 9.80. The number of carbonyl (C=O) groups is 1. The molecular weight excluding hydrogens is 348 g/mol. The fourth-order valence-electron chi connectivity index (χ4n) is 3.32. The zero-order valence-corrected chi connectivity index (χ0v) is 17.8. The van der Waals surface area contributed by atoms with E-state index in [2.05, 4.69) is 57.2 Å². The fraction of sp³-hybridized carbons (Fsp3) is 0.375. The summed E-state index contributed by atoms with van der Waals surface area (Å²) in [5.74, 6) is 1.37. The van der Waals surface area contributed by atoms with Crippen molar-refractivity contribution in [1.29, 1.82) is 0 Å². The smallest absolute Gasteiger partial charge is 0.410 e. The normalized spacial score (nSPS) is 12.9. The van der Waals surface area contributed by atoms with Crippen LogP contribution in [0.15, 0.2) is 54.6 Å². The van der Waals surface area contributed by atoms with Crippen LogP contribution in [0.4, 0.5) is 10.5 Å². The molecule has 1 atom stereocenters. The van der Waals surface area contributed by atoms with E-state index < -0.39 is 6.09 Å². The summed E-state index contributed by atoms with van der Waals surface area (Å²) < 4.78 is 5.50. The average Bonchev–Trinajstić information content (AvgIpc) is 2.62. The Balaban J connectivity index is 2.06. The zero-order valence-electron chi connectivity index (χ0n) is 17.8. The topological polar surface area (TPSA) is 41.6 Å². The molecule has 0 saturated carbocycles. The van der Waals surface area contributed by atoms with E-state index in [0.717, 1.165) is 17.8 Å². The van der Waals surface area contributed by atoms with Crippen molar-refractivity contribution in [2.45, 2.75) is 33.6 Å². The van der Waals surface area contributed by atoms with Crippen molar-refractivity contribution in [3.63, 3.8) is 0 Å². The number of benzene rings is 2. The molecule has 1 amide bonds. The zero-order chi connectivity index (χ0) is 20.7. The largest absolute Gasteiger partial charge is 0.417 e. The van der Waals surface area contributed by atoms with Crippen molar-refractivity contribution in [3.8, 4) is 5.75 Å². The second kappa shape index (κ2) is 10.1. The standard InChI is InChI=1S/C24H32N2O2/c1-7-23(18(4)16-26(5)6)20-9-8-10-22(15-20)28-24(27)25-21-13-11-19(12-14-21)17(2)3/h7-15,17-18H,16H2,1-6H3,(H,25,27)/b23-7-/t18-/m0/s1. The molecular formula is C24H32N2O2. The maximum Gasteiger partial charge on any atom is 0.417 e. The molecule has 2 aromatic rings. The van der Waals surface area contributed by atoms with Gasteiger partial charge in [0.15, 0.2) is 0 Å². The number of carbonyl (C=O) groups excluding carboxylic acids is 1. The number of anilines is 1. The number of allylic oxidation sites excluding steroid dienone is 1. The molecule has 4 heteroatoms. The van der Waals surface area contributed by atoms with Crippen LogP contribution in [-0.2, 0) is 0 Å². The lowest BCUT2D eigenvalue weighted by molar-refractivity contribution is 0.215. The maximum absolute atomic E-state index is 12.3. The first kappa shape index (κ1) is 21.7. The van der Waals surface area contributed by atoms with Crippen LogP contribution in [0.3, 0.4) is 0 Å². The highest BCUT2D eigenvalue weighted by Gasteiger charge is 2.13. The van der Waals surface area contributed by atoms with E-state index in [1.165, 1.54) is 11.1 Å². The molecule has 0 fully saturated rings. The molecule has 0 bridgehead atoms. The third-order valence-electron chi connectivity index (χ3n) is 4.68. The molecule has 0 aliphatic carbocycles. The first-order chi connectivity index (χ1) is 13.3. The molecule has 0 spiro atoms. The molecule has 0 heterocycles. The van der Waals surface area contributed by atoms with Gasteiger partial charge in [-0.25, -0.2) is 4.79 Å². The van der Waals surface area contributed by atoms with Crippen LogP contribution in [0, 0.1) is 5.92 Å². The molecule has 1 N–H and O–H groups in total. The van der Waals surface area contributed by atoms with E-state index in [4.69, 9.17) is 4.74 Å². The van der Waals surface area contributed by atoms with Crippen LogP contribution >= 0.6 is 0 Å². The van der Waals surface area contributed by atoms with Gasteiger partial charge in [0.05, 0.1) is 0 Å². The van der Waals surface area contributed by atoms with Gasteiger partial charge in [-0.05, 0) is 73.8 Å². The predicted octanol–water partition coefficient (Wildman–Crippen LogP) is 6.02. The lowest BCUT2D eigenvalue weighted by Crippen LogP contribution is -2.20. The molecule has 150 valence electrons. The third-order valence-corrected chi connectivity index (χ3v) is 4.68. The van der Waals surface area contributed by atoms with E-state index in [9.17, 15) is 4.79 Å². The molecule has 0 radical (unpaired) electrons. The summed E-state index contributed by atoms with van der Waals surface area (Å²) in [6.07, 6.45) is 1.64. The minimum absolute atomic E-state index is 0.378. The van der Waals surface area contributed by atoms with Gasteiger partial charge in [-0.3, -0.25) is 5.32 Å². The van der Waals surface area contributed by atoms with Crippen molar-refractivity contribution in [2.75, 3.05) is 26.0 Å². The molecule has 0 aliphatic rings. The highest BCUT2D eigenvalue weighted by molar-refractivity contribution is 5.86. The third kappa shape index (κ3) is 6.24. The highest BCUT2D eigenvalue weighted by Crippen LogP contribution is 2.27. The number of ether oxygens (including phenoxy) is 1. The number of hydrogen-bond acceptors (Lipinski definition) is 3. The van der Waals surface area contributed by atoms with Crippen molar-refractivity contribution < 1.29 is 9.53 Å². The number of amides is 1. The van der Waals surface area contributed by atoms with Gasteiger partial charge in [-0.2, -0.15) is 0 Å². The van der Waals surface area contributed by atoms with Gasteiger partial charge in [-0.1, -0.05) is 51.1 Å². The van der Waals surface area contributed by atoms with Crippen LogP contribution in [-0.4, -0.2) is 31.6 Å². The molecule has 4 nitrogen and oxygen atoms in total. The number of rotatable bonds is 7. The summed E-state index contributed by atoms with van der Waals surface area (Å²) >= 11 is 0. The van der Waals surface area contributed by atoms with Crippen molar-refractivity contribution >= 4 is 17.4 Å². The first-order valence-corrected chi connectivity index (χ1v) is 9.80. The Labute approximate surface area is 169 Å². The van der Waals surface area contributed by atoms with Crippen LogP contribution in [0.5, 0.6) is 5.75 Å². The highest BCUT2D eigenvalue weighted by atomic mass is 16.6. The molecule has 0 aliphatic heterocycles. The Hall–Kier alpha value is -2.59. The van der Waals surface area contributed by atoms with E-state index in [1.807, 2.05) is 43.3 Å². The Kier molecular flexibility index (Phi) is 7.82. The van der Waals surface area contributed by atoms with Gasteiger partial charge in [0.1, 0.15) is 5.75 Å². The summed E-state index contributed by atoms with van der Waals surface area (Å²) in [6, 6.07) is 15.5. The summed E-state index contributed by atoms with van der Waals surface area (Å²) in [5, 5.41) is 2.79. The van der Waals surface area contributed by atoms with Gasteiger partial charge < -0.3 is 9.64 Å². The number of nitrogens with one attached hydrogen (secondary N) is 1. The quantitative estimate of drug-likeness (QED) is 0.638. The predicted molar refractivity (Wildman–Crippen MR) is 118 cm³/mol. The van der Waals surface area contributed by atoms with Gasteiger partial charge in [-0.15, -0.1) is 0 Å². The average molecular weight is 381 g/mol. The van der Waals surface area contributed by atoms with Crippen LogP contribution in [0.25, 0.3) is 5.57 Å². The van der Waals surface area contributed by atoms with Crippen molar-refractivity contribution in [2.24, 2.45) is 5.92 Å². The lowest BCUT2D eigenvalue weighted by atomic mass is 9.93. The number of hydrogen-bond donors (Lipinski definition) is 1. The number of nitrogens with zero attached hydrogens (tertiary/aromatic N) is 1. The Bertz CT molecular complexity index is 808. The van der Waals surface area contributed by atoms with Crippen molar-refractivity contribution in [3.05, 3.63) is 65.7 Å². The summed E-state index contributed by atoms with van der Waals surface area (Å²) in [5.41, 5.74) is 4.27. The second-order valence-electron chi connectivity index (χ2n) is 7.73. The van der Waals surface area contributed by atoms with Gasteiger partial charge >= 0.3 is 6.09 Å². The SMILES string of the molecule is C/C=C(\c1cccc(OC(=O)Nc2ccc(C(C)C)cc2)c1)[C@@H](C)CN(C)C. The summed E-state index contributed by atoms with van der Waals surface area (Å²) in [6.45, 7) is 9.49. The molecule has 2 rings (SSSR count). The summed E-state index contributed by atoms with van der Waals surface area (Å²) in [7, 11) is 4.14. The molecule has 0 aromatic heterocycles. The molecule has 2 aromatic carbocycles. The van der Waals surface area contributed by atoms with Crippen molar-refractivity contribution in [1.82, 2.24) is 4.90 Å². The van der Waals surface area contributed by atoms with Crippen LogP contribution in [0.2, 0.25) is 0 Å². The maximum atomic E-state index is 12.3. The van der Waals surface area contributed by atoms with Gasteiger partial charge in [0, 0.05) is 12.2 Å². The van der Waals surface area contributed by atoms with E-state index in [-0.39, 0.29) is 0 Å². The lowest BCUT2D eigenvalue weighted by Gasteiger charge is -2.20. The fourth-order valence-corrected chi connectivity index (χ4v) is 3.32. The molecule has 0 unspecified atom stereocenters. The van der Waals surface area contributed by atoms with Crippen LogP contribution < -0.4 is 10.1 Å². The Morgan fingerprint density at radius 1 is 1.11 bits per heavy atom. The minimum Gasteiger partial charge on any atom is -0.410 e. The van der Waals surface area contributed by atoms with E-state index in [1.54, 1.807) is 6.07 Å². The van der Waals surface area contributed by atoms with E-state index in [0.29, 0.717) is 17.6 Å². The minimum atomic E-state index is -0.488.